The van der Waals surface area contributed by atoms with Gasteiger partial charge in [-0.2, -0.15) is 0 Å². The van der Waals surface area contributed by atoms with Crippen molar-refractivity contribution in [3.8, 4) is 0 Å². The molecule has 9 heavy (non-hydrogen) atoms. The Morgan fingerprint density at radius 3 is 2.56 bits per heavy atom. The Morgan fingerprint density at radius 1 is 1.67 bits per heavy atom. The molecule has 0 saturated carbocycles. The summed E-state index contributed by atoms with van der Waals surface area (Å²) in [5.41, 5.74) is 7.32. The molecule has 0 rings (SSSR count). The van der Waals surface area contributed by atoms with E-state index >= 15 is 0 Å². The minimum atomic E-state index is 0.744. The molecule has 2 N–H and O–H groups in total. The van der Waals surface area contributed by atoms with Crippen molar-refractivity contribution in [2.45, 2.75) is 6.92 Å². The first-order valence-corrected chi connectivity index (χ1v) is 2.93. The molecule has 0 aliphatic carbocycles. The predicted octanol–water partition coefficient (Wildman–Crippen LogP) is 0.552. The van der Waals surface area contributed by atoms with Crippen LogP contribution in [-0.4, -0.2) is 7.85 Å². The van der Waals surface area contributed by atoms with Gasteiger partial charge in [0, 0.05) is 5.70 Å². The summed E-state index contributed by atoms with van der Waals surface area (Å²) in [6.45, 7) is 5.51. The van der Waals surface area contributed by atoms with E-state index in [2.05, 4.69) is 6.58 Å². The minimum absolute atomic E-state index is 0.744. The van der Waals surface area contributed by atoms with E-state index in [4.69, 9.17) is 5.73 Å². The van der Waals surface area contributed by atoms with Gasteiger partial charge < -0.3 is 5.73 Å². The summed E-state index contributed by atoms with van der Waals surface area (Å²) >= 11 is 0. The van der Waals surface area contributed by atoms with Gasteiger partial charge in [0.1, 0.15) is 7.85 Å². The number of hydrogen-bond donors (Lipinski definition) is 1. The van der Waals surface area contributed by atoms with Gasteiger partial charge in [0.2, 0.25) is 0 Å². The first kappa shape index (κ1) is 8.08. The molecule has 0 aliphatic heterocycles. The van der Waals surface area contributed by atoms with E-state index in [1.165, 1.54) is 0 Å². The van der Waals surface area contributed by atoms with Crippen LogP contribution in [0.4, 0.5) is 0 Å². The highest BCUT2D eigenvalue weighted by Crippen LogP contribution is 1.95. The summed E-state index contributed by atoms with van der Waals surface area (Å²) in [5.74, 6) is 0. The molecule has 2 heteroatoms. The van der Waals surface area contributed by atoms with Crippen LogP contribution in [0.3, 0.4) is 0 Å². The SMILES string of the molecule is BC(/C=C\C)=C(\N)C=C. The van der Waals surface area contributed by atoms with Crippen LogP contribution in [0.5, 0.6) is 0 Å². The molecule has 0 amide bonds. The molecule has 0 radical (unpaired) electrons. The van der Waals surface area contributed by atoms with Gasteiger partial charge in [-0.25, -0.2) is 0 Å². The molecule has 0 heterocycles. The van der Waals surface area contributed by atoms with Crippen LogP contribution < -0.4 is 5.73 Å². The van der Waals surface area contributed by atoms with E-state index in [-0.39, 0.29) is 0 Å². The van der Waals surface area contributed by atoms with Crippen molar-refractivity contribution < 1.29 is 0 Å². The Morgan fingerprint density at radius 2 is 2.22 bits per heavy atom. The van der Waals surface area contributed by atoms with Crippen LogP contribution in [0.15, 0.2) is 36.0 Å². The van der Waals surface area contributed by atoms with Gasteiger partial charge in [-0.3, -0.25) is 0 Å². The Balaban J connectivity index is 4.27. The lowest BCUT2D eigenvalue weighted by molar-refractivity contribution is 1.41. The van der Waals surface area contributed by atoms with E-state index < -0.39 is 0 Å². The fourth-order valence-corrected chi connectivity index (χ4v) is 0.507. The van der Waals surface area contributed by atoms with E-state index in [1.807, 2.05) is 26.9 Å². The number of allylic oxidation sites excluding steroid dienone is 4. The van der Waals surface area contributed by atoms with Gasteiger partial charge in [0.05, 0.1) is 0 Å². The van der Waals surface area contributed by atoms with Crippen LogP contribution in [0, 0.1) is 0 Å². The van der Waals surface area contributed by atoms with E-state index in [0.29, 0.717) is 0 Å². The van der Waals surface area contributed by atoms with Crippen molar-refractivity contribution in [1.82, 2.24) is 0 Å². The maximum atomic E-state index is 5.51. The summed E-state index contributed by atoms with van der Waals surface area (Å²) in [5, 5.41) is 0. The third-order valence-electron chi connectivity index (χ3n) is 1.09. The summed E-state index contributed by atoms with van der Waals surface area (Å²) < 4.78 is 0. The highest BCUT2D eigenvalue weighted by Gasteiger charge is 1.84. The smallest absolute Gasteiger partial charge is 0.141 e. The standard InChI is InChI=1S/C7H12BN/c1-3-5-6(8)7(9)4-2/h3-5H,2,8-9H2,1H3/b5-3-,7-6-. The Bertz CT molecular complexity index is 156. The third-order valence-corrected chi connectivity index (χ3v) is 1.09. The molecule has 0 aliphatic rings. The van der Waals surface area contributed by atoms with E-state index in [0.717, 1.165) is 11.2 Å². The fraction of sp³-hybridized carbons (Fsp3) is 0.143. The lowest BCUT2D eigenvalue weighted by Crippen LogP contribution is -1.96. The molecule has 0 unspecified atom stereocenters. The van der Waals surface area contributed by atoms with Crippen LogP contribution in [0.25, 0.3) is 0 Å². The average Bonchev–Trinajstić information content (AvgIpc) is 1.87. The van der Waals surface area contributed by atoms with Crippen LogP contribution in [-0.2, 0) is 0 Å². The first-order chi connectivity index (χ1) is 4.22. The van der Waals surface area contributed by atoms with Gasteiger partial charge in [-0.05, 0) is 13.0 Å². The molecular weight excluding hydrogens is 109 g/mol. The van der Waals surface area contributed by atoms with Gasteiger partial charge >= 0.3 is 0 Å². The Kier molecular flexibility index (Phi) is 3.61. The number of rotatable bonds is 2. The fourth-order valence-electron chi connectivity index (χ4n) is 0.507. The monoisotopic (exact) mass is 121 g/mol. The molecule has 0 bridgehead atoms. The molecule has 0 spiro atoms. The number of hydrogen-bond acceptors (Lipinski definition) is 1. The van der Waals surface area contributed by atoms with Gasteiger partial charge in [-0.15, -0.1) is 0 Å². The summed E-state index contributed by atoms with van der Waals surface area (Å²) in [4.78, 5) is 0. The molecule has 0 aromatic heterocycles. The van der Waals surface area contributed by atoms with Gasteiger partial charge in [-0.1, -0.05) is 24.2 Å². The Hall–Kier alpha value is -0.915. The van der Waals surface area contributed by atoms with E-state index in [9.17, 15) is 0 Å². The lowest BCUT2D eigenvalue weighted by atomic mass is 9.93. The minimum Gasteiger partial charge on any atom is -0.399 e. The average molecular weight is 121 g/mol. The summed E-state index contributed by atoms with van der Waals surface area (Å²) in [6, 6.07) is 0. The van der Waals surface area contributed by atoms with Crippen molar-refractivity contribution >= 4 is 7.85 Å². The lowest BCUT2D eigenvalue weighted by Gasteiger charge is -1.94. The zero-order valence-corrected chi connectivity index (χ0v) is 6.02. The highest BCUT2D eigenvalue weighted by molar-refractivity contribution is 6.24. The molecule has 0 fully saturated rings. The topological polar surface area (TPSA) is 26.0 Å². The number of nitrogens with two attached hydrogens (primary N) is 1. The highest BCUT2D eigenvalue weighted by atomic mass is 14.6. The van der Waals surface area contributed by atoms with Crippen molar-refractivity contribution in [3.63, 3.8) is 0 Å². The second-order valence-corrected chi connectivity index (χ2v) is 1.84. The summed E-state index contributed by atoms with van der Waals surface area (Å²) in [6.07, 6.45) is 5.55. The summed E-state index contributed by atoms with van der Waals surface area (Å²) in [7, 11) is 1.96. The predicted molar refractivity (Wildman–Crippen MR) is 44.8 cm³/mol. The molecule has 1 nitrogen and oxygen atoms in total. The third kappa shape index (κ3) is 2.80. The molecule has 0 aromatic rings. The Labute approximate surface area is 57.4 Å². The second kappa shape index (κ2) is 4.01. The molecule has 48 valence electrons. The molecular formula is C7H12BN. The zero-order valence-electron chi connectivity index (χ0n) is 6.02. The van der Waals surface area contributed by atoms with Gasteiger partial charge in [0.15, 0.2) is 0 Å². The molecule has 0 aromatic carbocycles. The molecule has 0 saturated heterocycles. The van der Waals surface area contributed by atoms with Crippen LogP contribution in [0.2, 0.25) is 0 Å². The van der Waals surface area contributed by atoms with Crippen molar-refractivity contribution in [3.05, 3.63) is 36.0 Å². The second-order valence-electron chi connectivity index (χ2n) is 1.84. The normalized spacial score (nSPS) is 13.4. The van der Waals surface area contributed by atoms with E-state index in [1.54, 1.807) is 6.08 Å². The quantitative estimate of drug-likeness (QED) is 0.419. The van der Waals surface area contributed by atoms with Crippen LogP contribution in [0.1, 0.15) is 6.92 Å². The largest absolute Gasteiger partial charge is 0.399 e. The van der Waals surface area contributed by atoms with Crippen molar-refractivity contribution in [2.24, 2.45) is 5.73 Å². The first-order valence-electron chi connectivity index (χ1n) is 2.93. The molecule has 0 atom stereocenters. The maximum Gasteiger partial charge on any atom is 0.141 e. The van der Waals surface area contributed by atoms with Crippen LogP contribution >= 0.6 is 0 Å². The maximum absolute atomic E-state index is 5.51. The van der Waals surface area contributed by atoms with Gasteiger partial charge in [0.25, 0.3) is 0 Å². The zero-order chi connectivity index (χ0) is 7.28. The van der Waals surface area contributed by atoms with Crippen molar-refractivity contribution in [1.29, 1.82) is 0 Å². The van der Waals surface area contributed by atoms with Crippen molar-refractivity contribution in [2.75, 3.05) is 0 Å².